The van der Waals surface area contributed by atoms with E-state index in [1.807, 2.05) is 41.8 Å². The molecule has 3 nitrogen and oxygen atoms in total. The van der Waals surface area contributed by atoms with Crippen molar-refractivity contribution >= 4 is 11.8 Å². The molecule has 0 atom stereocenters. The van der Waals surface area contributed by atoms with Crippen LogP contribution in [0.2, 0.25) is 0 Å². The summed E-state index contributed by atoms with van der Waals surface area (Å²) in [6, 6.07) is 10.0. The molecule has 1 aromatic carbocycles. The predicted molar refractivity (Wildman–Crippen MR) is 57.3 cm³/mol. The zero-order valence-corrected chi connectivity index (χ0v) is 8.66. The maximum Gasteiger partial charge on any atom is 0.195 e. The van der Waals surface area contributed by atoms with Crippen molar-refractivity contribution < 1.29 is 0 Å². The molecule has 0 saturated carbocycles. The number of hydrogen-bond donors (Lipinski definition) is 0. The maximum absolute atomic E-state index is 4.02. The fraction of sp³-hybridized carbons (Fsp3) is 0.100. The van der Waals surface area contributed by atoms with Crippen molar-refractivity contribution in [3.05, 3.63) is 42.4 Å². The number of hydrogen-bond acceptors (Lipinski definition) is 3. The first-order chi connectivity index (χ1) is 6.83. The quantitative estimate of drug-likeness (QED) is 0.704. The minimum Gasteiger partial charge on any atom is -0.274 e. The van der Waals surface area contributed by atoms with Crippen molar-refractivity contribution in [1.29, 1.82) is 0 Å². The highest BCUT2D eigenvalue weighted by atomic mass is 32.2. The second kappa shape index (κ2) is 3.84. The predicted octanol–water partition coefficient (Wildman–Crippen LogP) is 2.46. The molecule has 0 aliphatic rings. The van der Waals surface area contributed by atoms with Gasteiger partial charge in [-0.1, -0.05) is 30.0 Å². The fourth-order valence-electron chi connectivity index (χ4n) is 1.31. The van der Waals surface area contributed by atoms with E-state index in [1.54, 1.807) is 0 Å². The number of aryl methyl sites for hydroxylation is 1. The van der Waals surface area contributed by atoms with E-state index < -0.39 is 0 Å². The van der Waals surface area contributed by atoms with Gasteiger partial charge in [-0.3, -0.25) is 4.57 Å². The summed E-state index contributed by atoms with van der Waals surface area (Å²) in [6.45, 7) is 1.93. The molecule has 2 rings (SSSR count). The van der Waals surface area contributed by atoms with Gasteiger partial charge in [-0.15, -0.1) is 10.2 Å². The van der Waals surface area contributed by atoms with Gasteiger partial charge in [-0.25, -0.2) is 0 Å². The number of rotatable bonds is 2. The van der Waals surface area contributed by atoms with E-state index in [9.17, 15) is 0 Å². The number of aromatic nitrogens is 3. The fourth-order valence-corrected chi connectivity index (χ4v) is 1.78. The van der Waals surface area contributed by atoms with E-state index in [0.717, 1.165) is 16.7 Å². The Bertz CT molecular complexity index is 422. The normalized spacial score (nSPS) is 10.4. The third kappa shape index (κ3) is 1.53. The SMILES string of the molecule is [CH2]Sc1nnc(C)n1-c1ccccc1. The monoisotopic (exact) mass is 204 g/mol. The molecule has 0 fully saturated rings. The Morgan fingerprint density at radius 3 is 2.57 bits per heavy atom. The molecular weight excluding hydrogens is 194 g/mol. The summed E-state index contributed by atoms with van der Waals surface area (Å²) in [5.74, 6) is 0.877. The Morgan fingerprint density at radius 2 is 1.93 bits per heavy atom. The van der Waals surface area contributed by atoms with Gasteiger partial charge in [-0.05, 0) is 19.1 Å². The van der Waals surface area contributed by atoms with Crippen LogP contribution in [0.4, 0.5) is 0 Å². The van der Waals surface area contributed by atoms with Gasteiger partial charge in [0.25, 0.3) is 0 Å². The first-order valence-corrected chi connectivity index (χ1v) is 5.21. The summed E-state index contributed by atoms with van der Waals surface area (Å²) in [6.07, 6.45) is 3.75. The van der Waals surface area contributed by atoms with Crippen molar-refractivity contribution in [1.82, 2.24) is 14.8 Å². The minimum atomic E-state index is 0.814. The van der Waals surface area contributed by atoms with Crippen LogP contribution in [0.15, 0.2) is 35.5 Å². The Morgan fingerprint density at radius 1 is 1.21 bits per heavy atom. The number of nitrogens with zero attached hydrogens (tertiary/aromatic N) is 3. The molecule has 0 saturated heterocycles. The van der Waals surface area contributed by atoms with Crippen LogP contribution in [0.5, 0.6) is 0 Å². The highest BCUT2D eigenvalue weighted by Crippen LogP contribution is 2.19. The van der Waals surface area contributed by atoms with Crippen LogP contribution in [0.1, 0.15) is 5.82 Å². The molecule has 0 aliphatic heterocycles. The molecule has 1 heterocycles. The summed E-state index contributed by atoms with van der Waals surface area (Å²) in [5, 5.41) is 8.85. The lowest BCUT2D eigenvalue weighted by Gasteiger charge is -2.05. The molecule has 1 aromatic heterocycles. The van der Waals surface area contributed by atoms with Crippen LogP contribution in [0.25, 0.3) is 5.69 Å². The van der Waals surface area contributed by atoms with Crippen molar-refractivity contribution in [2.45, 2.75) is 12.1 Å². The summed E-state index contributed by atoms with van der Waals surface area (Å²) in [5.41, 5.74) is 1.07. The van der Waals surface area contributed by atoms with Crippen molar-refractivity contribution in [3.8, 4) is 5.69 Å². The number of para-hydroxylation sites is 1. The Labute approximate surface area is 87.2 Å². The first kappa shape index (κ1) is 9.27. The van der Waals surface area contributed by atoms with Crippen LogP contribution in [-0.4, -0.2) is 14.8 Å². The van der Waals surface area contributed by atoms with Gasteiger partial charge in [0.15, 0.2) is 5.16 Å². The minimum absolute atomic E-state index is 0.814. The highest BCUT2D eigenvalue weighted by molar-refractivity contribution is 8.00. The summed E-state index contributed by atoms with van der Waals surface area (Å²) in [7, 11) is 0. The van der Waals surface area contributed by atoms with E-state index >= 15 is 0 Å². The van der Waals surface area contributed by atoms with Gasteiger partial charge in [-0.2, -0.15) is 0 Å². The van der Waals surface area contributed by atoms with Crippen LogP contribution in [0, 0.1) is 13.2 Å². The van der Waals surface area contributed by atoms with Gasteiger partial charge in [0, 0.05) is 11.9 Å². The van der Waals surface area contributed by atoms with Gasteiger partial charge >= 0.3 is 0 Å². The zero-order valence-electron chi connectivity index (χ0n) is 7.84. The summed E-state index contributed by atoms with van der Waals surface area (Å²) < 4.78 is 1.98. The van der Waals surface area contributed by atoms with Crippen LogP contribution in [-0.2, 0) is 0 Å². The van der Waals surface area contributed by atoms with Gasteiger partial charge in [0.05, 0.1) is 0 Å². The van der Waals surface area contributed by atoms with Crippen molar-refractivity contribution in [2.24, 2.45) is 0 Å². The zero-order chi connectivity index (χ0) is 9.97. The lowest BCUT2D eigenvalue weighted by atomic mass is 10.3. The first-order valence-electron chi connectivity index (χ1n) is 4.22. The molecule has 0 spiro atoms. The topological polar surface area (TPSA) is 30.7 Å². The van der Waals surface area contributed by atoms with Gasteiger partial charge < -0.3 is 0 Å². The maximum atomic E-state index is 4.02. The third-order valence-corrected chi connectivity index (χ3v) is 2.46. The van der Waals surface area contributed by atoms with E-state index in [-0.39, 0.29) is 0 Å². The average molecular weight is 204 g/mol. The van der Waals surface area contributed by atoms with Crippen LogP contribution >= 0.6 is 11.8 Å². The summed E-state index contributed by atoms with van der Waals surface area (Å²) in [4.78, 5) is 0. The molecule has 0 N–H and O–H groups in total. The number of thioether (sulfide) groups is 1. The number of benzene rings is 1. The van der Waals surface area contributed by atoms with Gasteiger partial charge in [0.2, 0.25) is 0 Å². The van der Waals surface area contributed by atoms with E-state index in [0.29, 0.717) is 0 Å². The molecular formula is C10H10N3S. The Kier molecular flexibility index (Phi) is 2.54. The lowest BCUT2D eigenvalue weighted by molar-refractivity contribution is 0.871. The van der Waals surface area contributed by atoms with E-state index in [1.165, 1.54) is 11.8 Å². The molecule has 4 heteroatoms. The lowest BCUT2D eigenvalue weighted by Crippen LogP contribution is -1.97. The van der Waals surface area contributed by atoms with Gasteiger partial charge in [0.1, 0.15) is 5.82 Å². The molecule has 0 amide bonds. The highest BCUT2D eigenvalue weighted by Gasteiger charge is 2.08. The standard InChI is InChI=1S/C10H10N3S/c1-8-11-12-10(14-2)13(8)9-6-4-3-5-7-9/h3-7H,2H2,1H3. The van der Waals surface area contributed by atoms with Crippen LogP contribution < -0.4 is 0 Å². The molecule has 2 aromatic rings. The second-order valence-electron chi connectivity index (χ2n) is 2.85. The van der Waals surface area contributed by atoms with Crippen molar-refractivity contribution in [3.63, 3.8) is 0 Å². The molecule has 0 unspecified atom stereocenters. The average Bonchev–Trinajstić information content (AvgIpc) is 2.61. The second-order valence-corrected chi connectivity index (χ2v) is 3.50. The molecule has 1 radical (unpaired) electrons. The largest absolute Gasteiger partial charge is 0.274 e. The molecule has 14 heavy (non-hydrogen) atoms. The Hall–Kier alpha value is -1.29. The summed E-state index contributed by atoms with van der Waals surface area (Å²) >= 11 is 1.35. The van der Waals surface area contributed by atoms with E-state index in [2.05, 4.69) is 16.5 Å². The van der Waals surface area contributed by atoms with Crippen molar-refractivity contribution in [2.75, 3.05) is 0 Å². The molecule has 71 valence electrons. The molecule has 0 bridgehead atoms. The molecule has 0 aliphatic carbocycles. The smallest absolute Gasteiger partial charge is 0.195 e. The van der Waals surface area contributed by atoms with Crippen LogP contribution in [0.3, 0.4) is 0 Å². The third-order valence-electron chi connectivity index (χ3n) is 1.94. The van der Waals surface area contributed by atoms with E-state index in [4.69, 9.17) is 0 Å². The Balaban J connectivity index is 2.55.